The maximum absolute atomic E-state index is 13.5. The van der Waals surface area contributed by atoms with Gasteiger partial charge in [0.2, 0.25) is 5.88 Å². The minimum Gasteiger partial charge on any atom is -0.438 e. The van der Waals surface area contributed by atoms with Crippen molar-refractivity contribution in [1.82, 2.24) is 9.97 Å². The summed E-state index contributed by atoms with van der Waals surface area (Å²) < 4.78 is 19.1. The van der Waals surface area contributed by atoms with Crippen molar-refractivity contribution in [2.75, 3.05) is 0 Å². The maximum atomic E-state index is 13.5. The van der Waals surface area contributed by atoms with Crippen LogP contribution in [0, 0.1) is 19.7 Å². The fourth-order valence-corrected chi connectivity index (χ4v) is 1.70. The molecule has 1 aromatic carbocycles. The normalized spacial score (nSPS) is 10.6. The highest BCUT2D eigenvalue weighted by Crippen LogP contribution is 2.27. The van der Waals surface area contributed by atoms with Crippen molar-refractivity contribution in [1.29, 1.82) is 0 Å². The quantitative estimate of drug-likeness (QED) is 0.789. The Morgan fingerprint density at radius 2 is 2.00 bits per heavy atom. The summed E-state index contributed by atoms with van der Waals surface area (Å²) in [5, 5.41) is 0.356. The number of benzene rings is 1. The van der Waals surface area contributed by atoms with E-state index in [1.54, 1.807) is 26.0 Å². The zero-order chi connectivity index (χ0) is 14.0. The molecule has 5 heteroatoms. The van der Waals surface area contributed by atoms with E-state index in [0.29, 0.717) is 40.2 Å². The molecule has 1 aromatic heterocycles. The van der Waals surface area contributed by atoms with Crippen molar-refractivity contribution in [3.05, 3.63) is 46.1 Å². The number of hydrogen-bond acceptors (Lipinski definition) is 3. The average molecular weight is 281 g/mol. The molecule has 3 nitrogen and oxygen atoms in total. The molecule has 0 fully saturated rings. The van der Waals surface area contributed by atoms with Crippen LogP contribution in [0.4, 0.5) is 4.39 Å². The summed E-state index contributed by atoms with van der Waals surface area (Å²) in [6, 6.07) is 4.68. The van der Waals surface area contributed by atoms with Crippen LogP contribution in [0.1, 0.15) is 23.9 Å². The fourth-order valence-electron chi connectivity index (χ4n) is 1.52. The Morgan fingerprint density at radius 3 is 2.63 bits per heavy atom. The Labute approximate surface area is 116 Å². The van der Waals surface area contributed by atoms with Gasteiger partial charge in [-0.3, -0.25) is 0 Å². The third-order valence-corrected chi connectivity index (χ3v) is 3.13. The second-order valence-electron chi connectivity index (χ2n) is 4.23. The van der Waals surface area contributed by atoms with E-state index in [2.05, 4.69) is 9.97 Å². The minimum absolute atomic E-state index is 0.314. The van der Waals surface area contributed by atoms with Crippen LogP contribution < -0.4 is 4.74 Å². The van der Waals surface area contributed by atoms with Gasteiger partial charge in [-0.1, -0.05) is 24.6 Å². The topological polar surface area (TPSA) is 35.0 Å². The Morgan fingerprint density at radius 1 is 1.26 bits per heavy atom. The number of ether oxygens (including phenoxy) is 1. The molecule has 0 unspecified atom stereocenters. The van der Waals surface area contributed by atoms with E-state index >= 15 is 0 Å². The number of halogens is 2. The molecule has 100 valence electrons. The highest BCUT2D eigenvalue weighted by Gasteiger charge is 2.11. The van der Waals surface area contributed by atoms with Gasteiger partial charge in [0.25, 0.3) is 0 Å². The van der Waals surface area contributed by atoms with Crippen LogP contribution >= 0.6 is 11.6 Å². The van der Waals surface area contributed by atoms with E-state index in [1.807, 2.05) is 6.92 Å². The number of aryl methyl sites for hydroxylation is 2. The average Bonchev–Trinajstić information content (AvgIpc) is 2.39. The lowest BCUT2D eigenvalue weighted by atomic mass is 10.2. The van der Waals surface area contributed by atoms with Gasteiger partial charge in [0.15, 0.2) is 0 Å². The molecule has 0 saturated heterocycles. The van der Waals surface area contributed by atoms with E-state index in [9.17, 15) is 4.39 Å². The number of rotatable bonds is 3. The standard InChI is InChI=1S/C14H14ClFN2O/c1-4-12-17-13(15)9(3)14(18-12)19-10-6-5-8(2)11(16)7-10/h5-7H,4H2,1-3H3. The van der Waals surface area contributed by atoms with Gasteiger partial charge >= 0.3 is 0 Å². The minimum atomic E-state index is -0.314. The van der Waals surface area contributed by atoms with E-state index in [1.165, 1.54) is 6.07 Å². The number of aromatic nitrogens is 2. The highest BCUT2D eigenvalue weighted by molar-refractivity contribution is 6.30. The van der Waals surface area contributed by atoms with Gasteiger partial charge < -0.3 is 4.74 Å². The molecule has 0 N–H and O–H groups in total. The SMILES string of the molecule is CCc1nc(Cl)c(C)c(Oc2ccc(C)c(F)c2)n1. The second-order valence-corrected chi connectivity index (χ2v) is 4.59. The third-order valence-electron chi connectivity index (χ3n) is 2.76. The van der Waals surface area contributed by atoms with Crippen molar-refractivity contribution < 1.29 is 9.13 Å². The van der Waals surface area contributed by atoms with Crippen LogP contribution in [0.25, 0.3) is 0 Å². The predicted octanol–water partition coefficient (Wildman–Crippen LogP) is 4.24. The zero-order valence-electron chi connectivity index (χ0n) is 11.0. The summed E-state index contributed by atoms with van der Waals surface area (Å²) in [6.07, 6.45) is 0.651. The molecule has 0 aliphatic carbocycles. The molecule has 0 spiro atoms. The summed E-state index contributed by atoms with van der Waals surface area (Å²) in [4.78, 5) is 8.38. The number of hydrogen-bond donors (Lipinski definition) is 0. The first-order valence-corrected chi connectivity index (χ1v) is 6.36. The van der Waals surface area contributed by atoms with Gasteiger partial charge in [-0.05, 0) is 25.5 Å². The van der Waals surface area contributed by atoms with Crippen molar-refractivity contribution in [2.45, 2.75) is 27.2 Å². The molecule has 0 amide bonds. The summed E-state index contributed by atoms with van der Waals surface area (Å²) >= 11 is 6.02. The van der Waals surface area contributed by atoms with Crippen LogP contribution in [-0.4, -0.2) is 9.97 Å². The molecule has 0 radical (unpaired) electrons. The molecular formula is C14H14ClFN2O. The first-order valence-electron chi connectivity index (χ1n) is 5.98. The van der Waals surface area contributed by atoms with Crippen molar-refractivity contribution in [3.8, 4) is 11.6 Å². The highest BCUT2D eigenvalue weighted by atomic mass is 35.5. The van der Waals surface area contributed by atoms with Gasteiger partial charge in [-0.2, -0.15) is 4.98 Å². The molecule has 2 rings (SSSR count). The molecule has 1 heterocycles. The molecule has 2 aromatic rings. The molecule has 0 bridgehead atoms. The van der Waals surface area contributed by atoms with Crippen LogP contribution in [0.2, 0.25) is 5.15 Å². The van der Waals surface area contributed by atoms with Crippen LogP contribution in [0.15, 0.2) is 18.2 Å². The Hall–Kier alpha value is -1.68. The molecule has 19 heavy (non-hydrogen) atoms. The van der Waals surface area contributed by atoms with Gasteiger partial charge in [0.05, 0.1) is 0 Å². The third kappa shape index (κ3) is 3.01. The van der Waals surface area contributed by atoms with E-state index in [4.69, 9.17) is 16.3 Å². The van der Waals surface area contributed by atoms with Crippen molar-refractivity contribution >= 4 is 11.6 Å². The predicted molar refractivity (Wildman–Crippen MR) is 72.4 cm³/mol. The smallest absolute Gasteiger partial charge is 0.226 e. The second kappa shape index (κ2) is 5.53. The van der Waals surface area contributed by atoms with Crippen LogP contribution in [0.3, 0.4) is 0 Å². The lowest BCUT2D eigenvalue weighted by molar-refractivity contribution is 0.449. The lowest BCUT2D eigenvalue weighted by Crippen LogP contribution is -2.00. The monoisotopic (exact) mass is 280 g/mol. The Balaban J connectivity index is 2.37. The van der Waals surface area contributed by atoms with Crippen LogP contribution in [-0.2, 0) is 6.42 Å². The van der Waals surface area contributed by atoms with Gasteiger partial charge in [-0.15, -0.1) is 0 Å². The largest absolute Gasteiger partial charge is 0.438 e. The summed E-state index contributed by atoms with van der Waals surface area (Å²) in [7, 11) is 0. The van der Waals surface area contributed by atoms with Gasteiger partial charge in [0, 0.05) is 18.1 Å². The van der Waals surface area contributed by atoms with Gasteiger partial charge in [0.1, 0.15) is 22.5 Å². The first-order chi connectivity index (χ1) is 9.01. The van der Waals surface area contributed by atoms with Gasteiger partial charge in [-0.25, -0.2) is 9.37 Å². The summed E-state index contributed by atoms with van der Waals surface area (Å²) in [6.45, 7) is 5.39. The van der Waals surface area contributed by atoms with Crippen molar-refractivity contribution in [2.24, 2.45) is 0 Å². The van der Waals surface area contributed by atoms with Crippen molar-refractivity contribution in [3.63, 3.8) is 0 Å². The molecular weight excluding hydrogens is 267 g/mol. The Bertz CT molecular complexity index is 617. The maximum Gasteiger partial charge on any atom is 0.226 e. The van der Waals surface area contributed by atoms with E-state index < -0.39 is 0 Å². The summed E-state index contributed by atoms with van der Waals surface area (Å²) in [5.41, 5.74) is 1.21. The van der Waals surface area contributed by atoms with Crippen LogP contribution in [0.5, 0.6) is 11.6 Å². The molecule has 0 saturated carbocycles. The first kappa shape index (κ1) is 13.7. The zero-order valence-corrected chi connectivity index (χ0v) is 11.8. The molecule has 0 atom stereocenters. The Kier molecular flexibility index (Phi) is 4.00. The summed E-state index contributed by atoms with van der Waals surface area (Å²) in [5.74, 6) is 1.03. The number of nitrogens with zero attached hydrogens (tertiary/aromatic N) is 2. The molecule has 0 aliphatic rings. The fraction of sp³-hybridized carbons (Fsp3) is 0.286. The lowest BCUT2D eigenvalue weighted by Gasteiger charge is -2.10. The van der Waals surface area contributed by atoms with E-state index in [-0.39, 0.29) is 5.82 Å². The van der Waals surface area contributed by atoms with E-state index in [0.717, 1.165) is 0 Å². The molecule has 0 aliphatic heterocycles.